The van der Waals surface area contributed by atoms with Crippen molar-refractivity contribution in [1.29, 1.82) is 0 Å². The molecule has 16 heavy (non-hydrogen) atoms. The normalized spacial score (nSPS) is 24.9. The SMILES string of the molecule is NCC1CCc2nc(C3CCC3)ncc2C1. The zero-order valence-corrected chi connectivity index (χ0v) is 9.65. The van der Waals surface area contributed by atoms with E-state index in [1.165, 1.54) is 36.9 Å². The fraction of sp³-hybridized carbons (Fsp3) is 0.692. The lowest BCUT2D eigenvalue weighted by Crippen LogP contribution is -2.24. The predicted molar refractivity (Wildman–Crippen MR) is 63.2 cm³/mol. The van der Waals surface area contributed by atoms with Gasteiger partial charge in [-0.1, -0.05) is 6.42 Å². The quantitative estimate of drug-likeness (QED) is 0.822. The fourth-order valence-corrected chi connectivity index (χ4v) is 2.66. The van der Waals surface area contributed by atoms with Crippen molar-refractivity contribution in [3.8, 4) is 0 Å². The highest BCUT2D eigenvalue weighted by molar-refractivity contribution is 5.22. The molecule has 0 aliphatic heterocycles. The van der Waals surface area contributed by atoms with Gasteiger partial charge in [0.2, 0.25) is 0 Å². The van der Waals surface area contributed by atoms with E-state index in [4.69, 9.17) is 10.7 Å². The number of aromatic nitrogens is 2. The number of nitrogens with zero attached hydrogens (tertiary/aromatic N) is 2. The Balaban J connectivity index is 1.83. The van der Waals surface area contributed by atoms with Gasteiger partial charge in [-0.25, -0.2) is 9.97 Å². The third-order valence-corrected chi connectivity index (χ3v) is 4.07. The topological polar surface area (TPSA) is 51.8 Å². The van der Waals surface area contributed by atoms with Crippen molar-refractivity contribution < 1.29 is 0 Å². The molecule has 86 valence electrons. The zero-order valence-electron chi connectivity index (χ0n) is 9.65. The molecule has 1 aromatic rings. The van der Waals surface area contributed by atoms with Gasteiger partial charge in [0, 0.05) is 17.8 Å². The van der Waals surface area contributed by atoms with E-state index in [1.54, 1.807) is 0 Å². The van der Waals surface area contributed by atoms with E-state index in [1.807, 2.05) is 0 Å². The summed E-state index contributed by atoms with van der Waals surface area (Å²) in [7, 11) is 0. The fourth-order valence-electron chi connectivity index (χ4n) is 2.66. The third kappa shape index (κ3) is 1.73. The van der Waals surface area contributed by atoms with Gasteiger partial charge in [0.25, 0.3) is 0 Å². The first-order chi connectivity index (χ1) is 7.86. The van der Waals surface area contributed by atoms with Crippen molar-refractivity contribution in [2.24, 2.45) is 11.7 Å². The van der Waals surface area contributed by atoms with E-state index in [0.717, 1.165) is 25.2 Å². The van der Waals surface area contributed by atoms with Crippen molar-refractivity contribution in [2.45, 2.75) is 44.4 Å². The molecule has 0 bridgehead atoms. The second-order valence-corrected chi connectivity index (χ2v) is 5.17. The van der Waals surface area contributed by atoms with Crippen molar-refractivity contribution >= 4 is 0 Å². The van der Waals surface area contributed by atoms with Crippen molar-refractivity contribution in [3.63, 3.8) is 0 Å². The van der Waals surface area contributed by atoms with Crippen molar-refractivity contribution in [1.82, 2.24) is 9.97 Å². The van der Waals surface area contributed by atoms with Crippen LogP contribution >= 0.6 is 0 Å². The minimum Gasteiger partial charge on any atom is -0.330 e. The van der Waals surface area contributed by atoms with E-state index >= 15 is 0 Å². The summed E-state index contributed by atoms with van der Waals surface area (Å²) in [5, 5.41) is 0. The van der Waals surface area contributed by atoms with E-state index < -0.39 is 0 Å². The van der Waals surface area contributed by atoms with Gasteiger partial charge >= 0.3 is 0 Å². The highest BCUT2D eigenvalue weighted by Crippen LogP contribution is 2.35. The molecule has 1 atom stereocenters. The van der Waals surface area contributed by atoms with Crippen LogP contribution in [-0.2, 0) is 12.8 Å². The second kappa shape index (κ2) is 4.13. The zero-order chi connectivity index (χ0) is 11.0. The molecule has 0 amide bonds. The molecule has 0 radical (unpaired) electrons. The maximum atomic E-state index is 5.73. The molecular weight excluding hydrogens is 198 g/mol. The summed E-state index contributed by atoms with van der Waals surface area (Å²) in [5.74, 6) is 2.39. The highest BCUT2D eigenvalue weighted by atomic mass is 14.9. The lowest BCUT2D eigenvalue weighted by atomic mass is 9.83. The molecule has 1 unspecified atom stereocenters. The number of nitrogens with two attached hydrogens (primary N) is 1. The lowest BCUT2D eigenvalue weighted by molar-refractivity contribution is 0.395. The maximum absolute atomic E-state index is 5.73. The van der Waals surface area contributed by atoms with Crippen LogP contribution in [0.25, 0.3) is 0 Å². The third-order valence-electron chi connectivity index (χ3n) is 4.07. The lowest BCUT2D eigenvalue weighted by Gasteiger charge is -2.27. The summed E-state index contributed by atoms with van der Waals surface area (Å²) in [6, 6.07) is 0. The monoisotopic (exact) mass is 217 g/mol. The first kappa shape index (κ1) is 10.2. The predicted octanol–water partition coefficient (Wildman–Crippen LogP) is 1.81. The summed E-state index contributed by atoms with van der Waals surface area (Å²) >= 11 is 0. The Labute approximate surface area is 96.5 Å². The van der Waals surface area contributed by atoms with E-state index in [2.05, 4.69) is 11.2 Å². The molecule has 3 rings (SSSR count). The molecule has 3 heteroatoms. The number of fused-ring (bicyclic) bond motifs is 1. The number of rotatable bonds is 2. The Morgan fingerprint density at radius 2 is 2.19 bits per heavy atom. The van der Waals surface area contributed by atoms with Crippen LogP contribution in [0.1, 0.15) is 48.7 Å². The van der Waals surface area contributed by atoms with E-state index in [0.29, 0.717) is 11.8 Å². The van der Waals surface area contributed by atoms with Crippen LogP contribution in [0.3, 0.4) is 0 Å². The summed E-state index contributed by atoms with van der Waals surface area (Å²) in [4.78, 5) is 9.28. The minimum absolute atomic E-state index is 0.644. The van der Waals surface area contributed by atoms with Crippen LogP contribution in [0.5, 0.6) is 0 Å². The van der Waals surface area contributed by atoms with Gasteiger partial charge in [-0.05, 0) is 50.1 Å². The molecule has 3 nitrogen and oxygen atoms in total. The van der Waals surface area contributed by atoms with Gasteiger partial charge in [0.1, 0.15) is 5.82 Å². The number of aryl methyl sites for hydroxylation is 1. The van der Waals surface area contributed by atoms with Gasteiger partial charge in [0.15, 0.2) is 0 Å². The molecule has 0 aromatic carbocycles. The van der Waals surface area contributed by atoms with Crippen LogP contribution in [0.15, 0.2) is 6.20 Å². The molecular formula is C13H19N3. The Morgan fingerprint density at radius 1 is 1.31 bits per heavy atom. The average molecular weight is 217 g/mol. The first-order valence-corrected chi connectivity index (χ1v) is 6.41. The smallest absolute Gasteiger partial charge is 0.131 e. The molecule has 1 saturated carbocycles. The van der Waals surface area contributed by atoms with Gasteiger partial charge in [-0.3, -0.25) is 0 Å². The summed E-state index contributed by atoms with van der Waals surface area (Å²) < 4.78 is 0. The molecule has 1 aromatic heterocycles. The number of hydrogen-bond donors (Lipinski definition) is 1. The molecule has 2 aliphatic rings. The maximum Gasteiger partial charge on any atom is 0.131 e. The van der Waals surface area contributed by atoms with Crippen LogP contribution in [0.2, 0.25) is 0 Å². The molecule has 1 fully saturated rings. The van der Waals surface area contributed by atoms with Crippen LogP contribution in [-0.4, -0.2) is 16.5 Å². The summed E-state index contributed by atoms with van der Waals surface area (Å²) in [5.41, 5.74) is 8.36. The first-order valence-electron chi connectivity index (χ1n) is 6.41. The second-order valence-electron chi connectivity index (χ2n) is 5.17. The van der Waals surface area contributed by atoms with Crippen LogP contribution in [0, 0.1) is 5.92 Å². The van der Waals surface area contributed by atoms with Gasteiger partial charge in [-0.2, -0.15) is 0 Å². The summed E-state index contributed by atoms with van der Waals surface area (Å²) in [6.07, 6.45) is 9.34. The molecule has 2 N–H and O–H groups in total. The van der Waals surface area contributed by atoms with Gasteiger partial charge < -0.3 is 5.73 Å². The summed E-state index contributed by atoms with van der Waals surface area (Å²) in [6.45, 7) is 0.795. The van der Waals surface area contributed by atoms with E-state index in [-0.39, 0.29) is 0 Å². The van der Waals surface area contributed by atoms with Crippen molar-refractivity contribution in [3.05, 3.63) is 23.3 Å². The Morgan fingerprint density at radius 3 is 2.88 bits per heavy atom. The molecule has 2 aliphatic carbocycles. The van der Waals surface area contributed by atoms with Gasteiger partial charge in [-0.15, -0.1) is 0 Å². The van der Waals surface area contributed by atoms with Crippen LogP contribution in [0.4, 0.5) is 0 Å². The largest absolute Gasteiger partial charge is 0.330 e. The Kier molecular flexibility index (Phi) is 2.64. The van der Waals surface area contributed by atoms with Crippen LogP contribution < -0.4 is 5.73 Å². The Hall–Kier alpha value is -0.960. The highest BCUT2D eigenvalue weighted by Gasteiger charge is 2.25. The molecule has 1 heterocycles. The number of hydrogen-bond acceptors (Lipinski definition) is 3. The van der Waals surface area contributed by atoms with Gasteiger partial charge in [0.05, 0.1) is 0 Å². The van der Waals surface area contributed by atoms with Crippen molar-refractivity contribution in [2.75, 3.05) is 6.54 Å². The molecule has 0 saturated heterocycles. The minimum atomic E-state index is 0.644. The van der Waals surface area contributed by atoms with E-state index in [9.17, 15) is 0 Å². The standard InChI is InChI=1S/C13H19N3/c14-7-9-4-5-12-11(6-9)8-15-13(16-12)10-2-1-3-10/h8-10H,1-7,14H2. The average Bonchev–Trinajstić information content (AvgIpc) is 2.26. The Bertz CT molecular complexity index is 385. The molecule has 0 spiro atoms.